The van der Waals surface area contributed by atoms with Crippen LogP contribution in [0.4, 0.5) is 0 Å². The smallest absolute Gasteiger partial charge is 0.261 e. The molecule has 4 rings (SSSR count). The van der Waals surface area contributed by atoms with Crippen molar-refractivity contribution in [2.45, 2.75) is 37.4 Å². The molecule has 22 heavy (non-hydrogen) atoms. The summed E-state index contributed by atoms with van der Waals surface area (Å²) in [7, 11) is 1.67. The van der Waals surface area contributed by atoms with Gasteiger partial charge in [0.05, 0.1) is 12.0 Å². The number of amides is 1. The van der Waals surface area contributed by atoms with E-state index in [1.165, 1.54) is 12.8 Å². The van der Waals surface area contributed by atoms with Crippen LogP contribution in [0.25, 0.3) is 9.75 Å². The topological polar surface area (TPSA) is 50.4 Å². The highest BCUT2D eigenvalue weighted by atomic mass is 32.1. The van der Waals surface area contributed by atoms with Crippen LogP contribution >= 0.6 is 22.7 Å². The average molecular weight is 334 g/mol. The molecule has 4 heterocycles. The van der Waals surface area contributed by atoms with E-state index in [0.717, 1.165) is 26.1 Å². The summed E-state index contributed by atoms with van der Waals surface area (Å²) >= 11 is 3.14. The first-order chi connectivity index (χ1) is 10.7. The third-order valence-electron chi connectivity index (χ3n) is 4.47. The Kier molecular flexibility index (Phi) is 3.68. The molecule has 0 spiro atoms. The minimum atomic E-state index is 0.0547. The van der Waals surface area contributed by atoms with E-state index in [1.807, 2.05) is 24.3 Å². The van der Waals surface area contributed by atoms with Gasteiger partial charge in [-0.15, -0.1) is 11.3 Å². The zero-order valence-corrected chi connectivity index (χ0v) is 13.9. The summed E-state index contributed by atoms with van der Waals surface area (Å²) in [4.78, 5) is 15.5. The highest BCUT2D eigenvalue weighted by Crippen LogP contribution is 2.37. The van der Waals surface area contributed by atoms with Gasteiger partial charge < -0.3 is 15.4 Å². The molecule has 116 valence electrons. The molecule has 2 aromatic heterocycles. The van der Waals surface area contributed by atoms with Gasteiger partial charge in [-0.25, -0.2) is 0 Å². The van der Waals surface area contributed by atoms with Crippen LogP contribution in [0.15, 0.2) is 24.3 Å². The fourth-order valence-corrected chi connectivity index (χ4v) is 5.20. The van der Waals surface area contributed by atoms with E-state index < -0.39 is 0 Å². The minimum Gasteiger partial charge on any atom is -0.487 e. The molecule has 6 heteroatoms. The third-order valence-corrected chi connectivity index (χ3v) is 6.80. The molecule has 2 N–H and O–H groups in total. The van der Waals surface area contributed by atoms with Crippen LogP contribution in [0.2, 0.25) is 0 Å². The van der Waals surface area contributed by atoms with Gasteiger partial charge in [-0.05, 0) is 43.5 Å². The van der Waals surface area contributed by atoms with Crippen molar-refractivity contribution in [3.63, 3.8) is 0 Å². The molecule has 0 unspecified atom stereocenters. The van der Waals surface area contributed by atoms with E-state index in [-0.39, 0.29) is 5.91 Å². The number of methoxy groups -OCH3 is 1. The van der Waals surface area contributed by atoms with E-state index in [2.05, 4.69) is 10.6 Å². The highest BCUT2D eigenvalue weighted by molar-refractivity contribution is 7.23. The van der Waals surface area contributed by atoms with E-state index in [1.54, 1.807) is 29.8 Å². The second-order valence-electron chi connectivity index (χ2n) is 5.85. The Hall–Kier alpha value is -1.37. The third kappa shape index (κ3) is 2.55. The maximum atomic E-state index is 12.4. The second-order valence-corrected chi connectivity index (χ2v) is 7.98. The Morgan fingerprint density at radius 3 is 2.73 bits per heavy atom. The molecule has 2 bridgehead atoms. The van der Waals surface area contributed by atoms with Gasteiger partial charge in [0.1, 0.15) is 0 Å². The van der Waals surface area contributed by atoms with Crippen molar-refractivity contribution < 1.29 is 9.53 Å². The molecule has 4 nitrogen and oxygen atoms in total. The molecule has 1 amide bonds. The lowest BCUT2D eigenvalue weighted by molar-refractivity contribution is 0.0935. The summed E-state index contributed by atoms with van der Waals surface area (Å²) in [6, 6.07) is 9.30. The Bertz CT molecular complexity index is 694. The van der Waals surface area contributed by atoms with Gasteiger partial charge >= 0.3 is 0 Å². The summed E-state index contributed by atoms with van der Waals surface area (Å²) < 4.78 is 5.22. The monoisotopic (exact) mass is 334 g/mol. The van der Waals surface area contributed by atoms with Crippen LogP contribution in [-0.4, -0.2) is 31.1 Å². The van der Waals surface area contributed by atoms with Gasteiger partial charge in [0.25, 0.3) is 5.91 Å². The molecular formula is C16H18N2O2S2. The first-order valence-corrected chi connectivity index (χ1v) is 9.17. The van der Waals surface area contributed by atoms with E-state index in [4.69, 9.17) is 4.74 Å². The van der Waals surface area contributed by atoms with Crippen molar-refractivity contribution >= 4 is 28.6 Å². The lowest BCUT2D eigenvalue weighted by Crippen LogP contribution is -2.42. The molecule has 0 radical (unpaired) electrons. The molecule has 0 aliphatic carbocycles. The first-order valence-electron chi connectivity index (χ1n) is 7.54. The van der Waals surface area contributed by atoms with E-state index in [0.29, 0.717) is 18.1 Å². The van der Waals surface area contributed by atoms with Crippen molar-refractivity contribution in [1.29, 1.82) is 0 Å². The van der Waals surface area contributed by atoms with E-state index in [9.17, 15) is 4.79 Å². The summed E-state index contributed by atoms with van der Waals surface area (Å²) in [6.45, 7) is 0. The molecule has 3 atom stereocenters. The zero-order chi connectivity index (χ0) is 15.1. The molecule has 2 aromatic rings. The summed E-state index contributed by atoms with van der Waals surface area (Å²) in [5.41, 5.74) is 0. The van der Waals surface area contributed by atoms with Crippen LogP contribution in [0.5, 0.6) is 5.06 Å². The fourth-order valence-electron chi connectivity index (χ4n) is 3.38. The number of ether oxygens (including phenoxy) is 1. The maximum absolute atomic E-state index is 12.4. The number of rotatable bonds is 4. The molecule has 2 aliphatic rings. The summed E-state index contributed by atoms with van der Waals surface area (Å²) in [6.07, 6.45) is 3.50. The predicted octanol–water partition coefficient (Wildman–Crippen LogP) is 3.11. The Labute approximate surface area is 137 Å². The van der Waals surface area contributed by atoms with Crippen LogP contribution in [0.1, 0.15) is 28.9 Å². The van der Waals surface area contributed by atoms with Gasteiger partial charge in [0.2, 0.25) is 0 Å². The lowest BCUT2D eigenvalue weighted by atomic mass is 9.95. The molecule has 2 saturated heterocycles. The standard InChI is InChI=1S/C16H18N2O2S2/c1-20-15-7-6-13(22-15)12-4-5-14(21-12)16(19)18-11-8-9-2-3-10(11)17-9/h4-7,9-11,17H,2-3,8H2,1H3,(H,18,19)/t9-,10+,11-/m1/s1. The quantitative estimate of drug-likeness (QED) is 0.903. The van der Waals surface area contributed by atoms with Crippen LogP contribution in [0, 0.1) is 0 Å². The number of hydrogen-bond donors (Lipinski definition) is 2. The molecule has 2 aliphatic heterocycles. The number of nitrogens with one attached hydrogen (secondary N) is 2. The average Bonchev–Trinajstić information content (AvgIpc) is 3.28. The Morgan fingerprint density at radius 1 is 1.23 bits per heavy atom. The second kappa shape index (κ2) is 5.68. The van der Waals surface area contributed by atoms with Crippen molar-refractivity contribution in [1.82, 2.24) is 10.6 Å². The lowest BCUT2D eigenvalue weighted by Gasteiger charge is -2.20. The highest BCUT2D eigenvalue weighted by Gasteiger charge is 2.39. The van der Waals surface area contributed by atoms with Crippen molar-refractivity contribution in [2.24, 2.45) is 0 Å². The largest absolute Gasteiger partial charge is 0.487 e. The fraction of sp³-hybridized carbons (Fsp3) is 0.438. The number of hydrogen-bond acceptors (Lipinski definition) is 5. The summed E-state index contributed by atoms with van der Waals surface area (Å²) in [5.74, 6) is 0.0547. The normalized spacial score (nSPS) is 26.3. The van der Waals surface area contributed by atoms with Gasteiger partial charge in [-0.3, -0.25) is 4.79 Å². The van der Waals surface area contributed by atoms with Crippen molar-refractivity contribution in [2.75, 3.05) is 7.11 Å². The summed E-state index contributed by atoms with van der Waals surface area (Å²) in [5, 5.41) is 7.64. The van der Waals surface area contributed by atoms with Gasteiger partial charge in [0, 0.05) is 27.9 Å². The van der Waals surface area contributed by atoms with Gasteiger partial charge in [-0.2, -0.15) is 0 Å². The van der Waals surface area contributed by atoms with Gasteiger partial charge in [0.15, 0.2) is 5.06 Å². The molecular weight excluding hydrogens is 316 g/mol. The molecule has 2 fully saturated rings. The minimum absolute atomic E-state index is 0.0547. The van der Waals surface area contributed by atoms with Crippen molar-refractivity contribution in [3.05, 3.63) is 29.1 Å². The zero-order valence-electron chi connectivity index (χ0n) is 12.3. The SMILES string of the molecule is COc1ccc(-c2ccc(C(=O)N[C@@H]3C[C@H]4CC[C@@H]3N4)s2)s1. The number of thiophene rings is 2. The number of carbonyl (C=O) groups is 1. The van der Waals surface area contributed by atoms with Gasteiger partial charge in [-0.1, -0.05) is 11.3 Å². The first kappa shape index (κ1) is 14.2. The van der Waals surface area contributed by atoms with Crippen LogP contribution in [-0.2, 0) is 0 Å². The maximum Gasteiger partial charge on any atom is 0.261 e. The Balaban J connectivity index is 1.45. The van der Waals surface area contributed by atoms with Crippen LogP contribution < -0.4 is 15.4 Å². The van der Waals surface area contributed by atoms with E-state index >= 15 is 0 Å². The number of fused-ring (bicyclic) bond motifs is 2. The van der Waals surface area contributed by atoms with Crippen molar-refractivity contribution in [3.8, 4) is 14.8 Å². The molecule has 0 saturated carbocycles. The number of carbonyl (C=O) groups excluding carboxylic acids is 1. The molecule has 0 aromatic carbocycles. The Morgan fingerprint density at radius 2 is 2.05 bits per heavy atom. The predicted molar refractivity (Wildman–Crippen MR) is 90.0 cm³/mol. The van der Waals surface area contributed by atoms with Crippen LogP contribution in [0.3, 0.4) is 0 Å².